The van der Waals surface area contributed by atoms with Gasteiger partial charge in [0.25, 0.3) is 0 Å². The molecule has 0 bridgehead atoms. The molecule has 1 atom stereocenters. The van der Waals surface area contributed by atoms with Crippen molar-refractivity contribution >= 4 is 5.96 Å². The van der Waals surface area contributed by atoms with E-state index in [9.17, 15) is 0 Å². The molecule has 5 heteroatoms. The number of aliphatic imine (C=N–C) groups is 1. The summed E-state index contributed by atoms with van der Waals surface area (Å²) in [7, 11) is 0. The van der Waals surface area contributed by atoms with Crippen LogP contribution in [-0.4, -0.2) is 31.3 Å². The zero-order chi connectivity index (χ0) is 13.8. The lowest BCUT2D eigenvalue weighted by atomic mass is 10.2. The molecule has 1 aromatic rings. The van der Waals surface area contributed by atoms with Crippen molar-refractivity contribution in [1.29, 1.82) is 0 Å². The Labute approximate surface area is 119 Å². The predicted octanol–water partition coefficient (Wildman–Crippen LogP) is 1.67. The van der Waals surface area contributed by atoms with Gasteiger partial charge in [0.1, 0.15) is 6.61 Å². The Morgan fingerprint density at radius 3 is 2.80 bits per heavy atom. The van der Waals surface area contributed by atoms with Gasteiger partial charge in [0.2, 0.25) is 0 Å². The van der Waals surface area contributed by atoms with E-state index in [1.807, 2.05) is 24.3 Å². The van der Waals surface area contributed by atoms with Gasteiger partial charge in [-0.1, -0.05) is 25.0 Å². The third-order valence-electron chi connectivity index (χ3n) is 3.74. The van der Waals surface area contributed by atoms with Crippen LogP contribution >= 0.6 is 0 Å². The molecular formula is C15H21N3O2. The number of ether oxygens (including phenoxy) is 2. The first-order valence-corrected chi connectivity index (χ1v) is 7.26. The van der Waals surface area contributed by atoms with Gasteiger partial charge < -0.3 is 20.5 Å². The summed E-state index contributed by atoms with van der Waals surface area (Å²) in [6.45, 7) is 1.02. The Morgan fingerprint density at radius 2 is 2.00 bits per heavy atom. The molecule has 1 heterocycles. The van der Waals surface area contributed by atoms with Crippen molar-refractivity contribution in [3.63, 3.8) is 0 Å². The van der Waals surface area contributed by atoms with Gasteiger partial charge in [-0.15, -0.1) is 0 Å². The highest BCUT2D eigenvalue weighted by molar-refractivity contribution is 5.78. The number of fused-ring (bicyclic) bond motifs is 1. The Morgan fingerprint density at radius 1 is 1.25 bits per heavy atom. The molecule has 1 aliphatic heterocycles. The van der Waals surface area contributed by atoms with Crippen LogP contribution in [0.3, 0.4) is 0 Å². The van der Waals surface area contributed by atoms with E-state index in [1.54, 1.807) is 0 Å². The summed E-state index contributed by atoms with van der Waals surface area (Å²) in [4.78, 5) is 4.36. The first-order chi connectivity index (χ1) is 9.81. The smallest absolute Gasteiger partial charge is 0.188 e. The van der Waals surface area contributed by atoms with Crippen LogP contribution in [0.2, 0.25) is 0 Å². The van der Waals surface area contributed by atoms with Crippen molar-refractivity contribution < 1.29 is 9.47 Å². The van der Waals surface area contributed by atoms with Gasteiger partial charge in [-0.3, -0.25) is 0 Å². The van der Waals surface area contributed by atoms with Crippen LogP contribution in [0, 0.1) is 0 Å². The average molecular weight is 275 g/mol. The van der Waals surface area contributed by atoms with Crippen LogP contribution in [0.5, 0.6) is 11.5 Å². The van der Waals surface area contributed by atoms with Crippen LogP contribution in [0.1, 0.15) is 25.7 Å². The third kappa shape index (κ3) is 3.15. The zero-order valence-corrected chi connectivity index (χ0v) is 11.5. The van der Waals surface area contributed by atoms with Crippen molar-refractivity contribution in [2.45, 2.75) is 37.8 Å². The average Bonchev–Trinajstić information content (AvgIpc) is 2.98. The molecule has 0 spiro atoms. The van der Waals surface area contributed by atoms with Crippen molar-refractivity contribution in [2.75, 3.05) is 13.2 Å². The van der Waals surface area contributed by atoms with Gasteiger partial charge in [0.15, 0.2) is 23.6 Å². The van der Waals surface area contributed by atoms with Crippen molar-refractivity contribution in [1.82, 2.24) is 5.32 Å². The number of hydrogen-bond acceptors (Lipinski definition) is 3. The van der Waals surface area contributed by atoms with E-state index in [0.717, 1.165) is 11.5 Å². The van der Waals surface area contributed by atoms with Crippen LogP contribution in [0.15, 0.2) is 29.3 Å². The number of nitrogens with zero attached hydrogens (tertiary/aromatic N) is 1. The maximum absolute atomic E-state index is 5.91. The molecule has 0 saturated heterocycles. The van der Waals surface area contributed by atoms with E-state index in [1.165, 1.54) is 25.7 Å². The standard InChI is InChI=1S/C15H21N3O2/c16-15(18-11-5-1-2-6-11)17-9-12-10-19-13-7-3-4-8-14(13)20-12/h3-4,7-8,11-12H,1-2,5-6,9-10H2,(H3,16,17,18). The van der Waals surface area contributed by atoms with Crippen LogP contribution in [0.4, 0.5) is 0 Å². The Balaban J connectivity index is 1.51. The molecule has 0 aromatic heterocycles. The monoisotopic (exact) mass is 275 g/mol. The molecule has 1 saturated carbocycles. The second-order valence-electron chi connectivity index (χ2n) is 5.35. The lowest BCUT2D eigenvalue weighted by Crippen LogP contribution is -2.40. The molecule has 1 unspecified atom stereocenters. The fourth-order valence-corrected chi connectivity index (χ4v) is 2.68. The molecule has 20 heavy (non-hydrogen) atoms. The number of rotatable bonds is 3. The summed E-state index contributed by atoms with van der Waals surface area (Å²) in [6, 6.07) is 8.17. The highest BCUT2D eigenvalue weighted by Gasteiger charge is 2.20. The Kier molecular flexibility index (Phi) is 3.95. The number of benzene rings is 1. The van der Waals surface area contributed by atoms with Crippen molar-refractivity contribution in [3.8, 4) is 11.5 Å². The summed E-state index contributed by atoms with van der Waals surface area (Å²) in [6.07, 6.45) is 4.86. The molecule has 3 rings (SSSR count). The van der Waals surface area contributed by atoms with Gasteiger partial charge >= 0.3 is 0 Å². The van der Waals surface area contributed by atoms with Gasteiger partial charge in [0.05, 0.1) is 6.54 Å². The summed E-state index contributed by atoms with van der Waals surface area (Å²) < 4.78 is 11.5. The van der Waals surface area contributed by atoms with E-state index in [4.69, 9.17) is 15.2 Å². The van der Waals surface area contributed by atoms with E-state index < -0.39 is 0 Å². The largest absolute Gasteiger partial charge is 0.486 e. The quantitative estimate of drug-likeness (QED) is 0.650. The van der Waals surface area contributed by atoms with Gasteiger partial charge in [-0.25, -0.2) is 4.99 Å². The first kappa shape index (κ1) is 13.1. The molecule has 1 fully saturated rings. The van der Waals surface area contributed by atoms with E-state index in [2.05, 4.69) is 10.3 Å². The molecule has 0 radical (unpaired) electrons. The van der Waals surface area contributed by atoms with Gasteiger partial charge in [0, 0.05) is 6.04 Å². The maximum Gasteiger partial charge on any atom is 0.188 e. The summed E-state index contributed by atoms with van der Waals surface area (Å²) >= 11 is 0. The van der Waals surface area contributed by atoms with E-state index >= 15 is 0 Å². The zero-order valence-electron chi connectivity index (χ0n) is 11.5. The van der Waals surface area contributed by atoms with Gasteiger partial charge in [-0.2, -0.15) is 0 Å². The number of nitrogens with one attached hydrogen (secondary N) is 1. The lowest BCUT2D eigenvalue weighted by Gasteiger charge is -2.25. The maximum atomic E-state index is 5.91. The molecule has 0 amide bonds. The highest BCUT2D eigenvalue weighted by Crippen LogP contribution is 2.30. The van der Waals surface area contributed by atoms with E-state index in [-0.39, 0.29) is 6.10 Å². The summed E-state index contributed by atoms with van der Waals surface area (Å²) in [5, 5.41) is 3.27. The number of guanidine groups is 1. The second kappa shape index (κ2) is 6.03. The summed E-state index contributed by atoms with van der Waals surface area (Å²) in [5.74, 6) is 2.09. The number of nitrogens with two attached hydrogens (primary N) is 1. The molecule has 1 aliphatic carbocycles. The van der Waals surface area contributed by atoms with Gasteiger partial charge in [-0.05, 0) is 25.0 Å². The molecule has 3 N–H and O–H groups in total. The van der Waals surface area contributed by atoms with E-state index in [0.29, 0.717) is 25.2 Å². The first-order valence-electron chi connectivity index (χ1n) is 7.26. The normalized spacial score (nSPS) is 22.8. The van der Waals surface area contributed by atoms with Crippen LogP contribution < -0.4 is 20.5 Å². The number of para-hydroxylation sites is 2. The minimum absolute atomic E-state index is 0.0752. The lowest BCUT2D eigenvalue weighted by molar-refractivity contribution is 0.0971. The second-order valence-corrected chi connectivity index (χ2v) is 5.35. The van der Waals surface area contributed by atoms with Crippen molar-refractivity contribution in [2.24, 2.45) is 10.7 Å². The molecule has 5 nitrogen and oxygen atoms in total. The molecule has 2 aliphatic rings. The predicted molar refractivity (Wildman–Crippen MR) is 78.2 cm³/mol. The topological polar surface area (TPSA) is 68.9 Å². The highest BCUT2D eigenvalue weighted by atomic mass is 16.6. The number of hydrogen-bond donors (Lipinski definition) is 2. The molecule has 108 valence electrons. The summed E-state index contributed by atoms with van der Waals surface area (Å²) in [5.41, 5.74) is 5.91. The molecular weight excluding hydrogens is 254 g/mol. The third-order valence-corrected chi connectivity index (χ3v) is 3.74. The fraction of sp³-hybridized carbons (Fsp3) is 0.533. The molecule has 1 aromatic carbocycles. The Hall–Kier alpha value is -1.91. The minimum Gasteiger partial charge on any atom is -0.486 e. The fourth-order valence-electron chi connectivity index (χ4n) is 2.68. The van der Waals surface area contributed by atoms with Crippen molar-refractivity contribution in [3.05, 3.63) is 24.3 Å². The Bertz CT molecular complexity index is 484. The van der Waals surface area contributed by atoms with Crippen LogP contribution in [0.25, 0.3) is 0 Å². The minimum atomic E-state index is -0.0752. The van der Waals surface area contributed by atoms with Crippen LogP contribution in [-0.2, 0) is 0 Å². The SMILES string of the molecule is NC(=NCC1COc2ccccc2O1)NC1CCCC1.